The highest BCUT2D eigenvalue weighted by Crippen LogP contribution is 2.27. The summed E-state index contributed by atoms with van der Waals surface area (Å²) in [5, 5.41) is 0. The fraction of sp³-hybridized carbons (Fsp3) is 0.308. The lowest BCUT2D eigenvalue weighted by Crippen LogP contribution is -2.27. The lowest BCUT2D eigenvalue weighted by atomic mass is 10.1. The molecule has 1 unspecified atom stereocenters. The summed E-state index contributed by atoms with van der Waals surface area (Å²) in [7, 11) is 1.29. The predicted octanol–water partition coefficient (Wildman–Crippen LogP) is 1.41. The van der Waals surface area contributed by atoms with Crippen molar-refractivity contribution in [1.82, 2.24) is 4.98 Å². The Morgan fingerprint density at radius 1 is 1.67 bits per heavy atom. The molecule has 0 radical (unpaired) electrons. The first-order chi connectivity index (χ1) is 8.67. The molecule has 1 aromatic heterocycles. The first-order valence-electron chi connectivity index (χ1n) is 5.63. The summed E-state index contributed by atoms with van der Waals surface area (Å²) in [4.78, 5) is 29.1. The maximum Gasteiger partial charge on any atom is 0.358 e. The molecule has 0 saturated carbocycles. The molecule has 0 aliphatic carbocycles. The van der Waals surface area contributed by atoms with Crippen molar-refractivity contribution in [1.29, 1.82) is 0 Å². The molecule has 1 aliphatic heterocycles. The van der Waals surface area contributed by atoms with Crippen LogP contribution in [0.25, 0.3) is 0 Å². The van der Waals surface area contributed by atoms with E-state index in [1.807, 2.05) is 0 Å². The molecule has 1 fully saturated rings. The number of esters is 1. The molecule has 0 N–H and O–H groups in total. The van der Waals surface area contributed by atoms with Crippen molar-refractivity contribution in [2.45, 2.75) is 6.42 Å². The lowest BCUT2D eigenvalue weighted by molar-refractivity contribution is -0.117. The normalized spacial score (nSPS) is 18.8. The number of carbonyl (C=O) groups is 2. The number of nitrogens with zero attached hydrogens (tertiary/aromatic N) is 2. The van der Waals surface area contributed by atoms with Crippen LogP contribution in [0.5, 0.6) is 0 Å². The van der Waals surface area contributed by atoms with E-state index in [9.17, 15) is 9.59 Å². The zero-order chi connectivity index (χ0) is 13.1. The number of pyridine rings is 1. The van der Waals surface area contributed by atoms with E-state index in [0.717, 1.165) is 0 Å². The Balaban J connectivity index is 2.36. The van der Waals surface area contributed by atoms with Crippen molar-refractivity contribution in [3.63, 3.8) is 0 Å². The number of hydrogen-bond donors (Lipinski definition) is 0. The number of hydrogen-bond acceptors (Lipinski definition) is 4. The molecule has 1 saturated heterocycles. The van der Waals surface area contributed by atoms with Gasteiger partial charge < -0.3 is 9.64 Å². The fourth-order valence-corrected chi connectivity index (χ4v) is 1.99. The Morgan fingerprint density at radius 3 is 3.06 bits per heavy atom. The van der Waals surface area contributed by atoms with Gasteiger partial charge in [-0.25, -0.2) is 9.78 Å². The quantitative estimate of drug-likeness (QED) is 0.597. The van der Waals surface area contributed by atoms with Crippen molar-refractivity contribution in [3.8, 4) is 0 Å². The first-order valence-corrected chi connectivity index (χ1v) is 5.63. The van der Waals surface area contributed by atoms with Gasteiger partial charge in [0.25, 0.3) is 0 Å². The zero-order valence-electron chi connectivity index (χ0n) is 10.1. The summed E-state index contributed by atoms with van der Waals surface area (Å²) in [5.41, 5.74) is 0.664. The van der Waals surface area contributed by atoms with Crippen molar-refractivity contribution >= 4 is 17.6 Å². The molecule has 1 atom stereocenters. The Bertz CT molecular complexity index is 499. The summed E-state index contributed by atoms with van der Waals surface area (Å²) in [5.74, 6) is -0.457. The fourth-order valence-electron chi connectivity index (χ4n) is 1.99. The van der Waals surface area contributed by atoms with E-state index in [4.69, 9.17) is 0 Å². The van der Waals surface area contributed by atoms with E-state index in [1.165, 1.54) is 13.3 Å². The average Bonchev–Trinajstić information content (AvgIpc) is 2.79. The maximum atomic E-state index is 11.9. The van der Waals surface area contributed by atoms with E-state index in [1.54, 1.807) is 23.1 Å². The van der Waals surface area contributed by atoms with Gasteiger partial charge in [-0.15, -0.1) is 6.58 Å². The van der Waals surface area contributed by atoms with Crippen LogP contribution in [0.2, 0.25) is 0 Å². The molecule has 0 bridgehead atoms. The molecule has 0 aromatic carbocycles. The van der Waals surface area contributed by atoms with Crippen molar-refractivity contribution in [3.05, 3.63) is 36.7 Å². The van der Waals surface area contributed by atoms with Crippen LogP contribution >= 0.6 is 0 Å². The topological polar surface area (TPSA) is 59.5 Å². The van der Waals surface area contributed by atoms with Crippen LogP contribution in [0.15, 0.2) is 31.0 Å². The van der Waals surface area contributed by atoms with Gasteiger partial charge in [0.05, 0.1) is 12.8 Å². The highest BCUT2D eigenvalue weighted by molar-refractivity contribution is 6.02. The van der Waals surface area contributed by atoms with Gasteiger partial charge in [-0.3, -0.25) is 4.79 Å². The average molecular weight is 246 g/mol. The molecule has 2 heterocycles. The monoisotopic (exact) mass is 246 g/mol. The van der Waals surface area contributed by atoms with Crippen LogP contribution in [-0.2, 0) is 9.53 Å². The zero-order valence-corrected chi connectivity index (χ0v) is 10.1. The van der Waals surface area contributed by atoms with Gasteiger partial charge >= 0.3 is 5.97 Å². The lowest BCUT2D eigenvalue weighted by Gasteiger charge is -2.18. The van der Waals surface area contributed by atoms with Gasteiger partial charge in [-0.2, -0.15) is 0 Å². The van der Waals surface area contributed by atoms with Gasteiger partial charge in [0.2, 0.25) is 5.91 Å². The SMILES string of the molecule is C=CC1CC(=O)N(c2cccnc2C(=O)OC)C1. The van der Waals surface area contributed by atoms with Gasteiger partial charge in [-0.1, -0.05) is 6.08 Å². The molecule has 1 aliphatic rings. The molecule has 1 aromatic rings. The number of carbonyl (C=O) groups excluding carboxylic acids is 2. The summed E-state index contributed by atoms with van der Waals surface area (Å²) in [6.45, 7) is 4.22. The van der Waals surface area contributed by atoms with Crippen LogP contribution < -0.4 is 4.90 Å². The Hall–Kier alpha value is -2.17. The minimum Gasteiger partial charge on any atom is -0.464 e. The third-order valence-electron chi connectivity index (χ3n) is 2.94. The molecule has 5 nitrogen and oxygen atoms in total. The molecule has 94 valence electrons. The van der Waals surface area contributed by atoms with E-state index in [2.05, 4.69) is 16.3 Å². The molecular formula is C13H14N2O3. The van der Waals surface area contributed by atoms with Crippen LogP contribution in [0.1, 0.15) is 16.9 Å². The number of aromatic nitrogens is 1. The minimum atomic E-state index is -0.541. The van der Waals surface area contributed by atoms with Crippen LogP contribution in [0, 0.1) is 5.92 Å². The summed E-state index contributed by atoms with van der Waals surface area (Å²) in [6.07, 6.45) is 3.67. The number of rotatable bonds is 3. The summed E-state index contributed by atoms with van der Waals surface area (Å²) < 4.78 is 4.67. The smallest absolute Gasteiger partial charge is 0.358 e. The van der Waals surface area contributed by atoms with E-state index >= 15 is 0 Å². The third kappa shape index (κ3) is 2.11. The largest absolute Gasteiger partial charge is 0.464 e. The van der Waals surface area contributed by atoms with Crippen molar-refractivity contribution < 1.29 is 14.3 Å². The van der Waals surface area contributed by atoms with Crippen molar-refractivity contribution in [2.75, 3.05) is 18.6 Å². The van der Waals surface area contributed by atoms with Crippen LogP contribution in [0.3, 0.4) is 0 Å². The molecule has 5 heteroatoms. The molecule has 18 heavy (non-hydrogen) atoms. The Kier molecular flexibility index (Phi) is 3.41. The van der Waals surface area contributed by atoms with E-state index in [-0.39, 0.29) is 17.5 Å². The Morgan fingerprint density at radius 2 is 2.44 bits per heavy atom. The third-order valence-corrected chi connectivity index (χ3v) is 2.94. The number of ether oxygens (including phenoxy) is 1. The van der Waals surface area contributed by atoms with Gasteiger partial charge in [0.15, 0.2) is 5.69 Å². The highest BCUT2D eigenvalue weighted by atomic mass is 16.5. The standard InChI is InChI=1S/C13H14N2O3/c1-3-9-7-11(16)15(8-9)10-5-4-6-14-12(10)13(17)18-2/h3-6,9H,1,7-8H2,2H3. The second-order valence-electron chi connectivity index (χ2n) is 4.07. The first kappa shape index (κ1) is 12.3. The van der Waals surface area contributed by atoms with Crippen LogP contribution in [-0.4, -0.2) is 30.5 Å². The second kappa shape index (κ2) is 5.00. The predicted molar refractivity (Wildman–Crippen MR) is 66.2 cm³/mol. The molecule has 2 rings (SSSR count). The number of methoxy groups -OCH3 is 1. The van der Waals surface area contributed by atoms with E-state index < -0.39 is 5.97 Å². The van der Waals surface area contributed by atoms with Gasteiger partial charge in [0, 0.05) is 25.1 Å². The van der Waals surface area contributed by atoms with E-state index in [0.29, 0.717) is 18.7 Å². The molecule has 1 amide bonds. The minimum absolute atomic E-state index is 0.0296. The summed E-state index contributed by atoms with van der Waals surface area (Å²) in [6, 6.07) is 3.39. The summed E-state index contributed by atoms with van der Waals surface area (Å²) >= 11 is 0. The second-order valence-corrected chi connectivity index (χ2v) is 4.07. The Labute approximate surface area is 105 Å². The van der Waals surface area contributed by atoms with Crippen LogP contribution in [0.4, 0.5) is 5.69 Å². The maximum absolute atomic E-state index is 11.9. The molecule has 0 spiro atoms. The number of anilines is 1. The van der Waals surface area contributed by atoms with Gasteiger partial charge in [-0.05, 0) is 12.1 Å². The van der Waals surface area contributed by atoms with Crippen molar-refractivity contribution in [2.24, 2.45) is 5.92 Å². The van der Waals surface area contributed by atoms with Gasteiger partial charge in [0.1, 0.15) is 0 Å². The molecular weight excluding hydrogens is 232 g/mol. The number of amides is 1. The highest BCUT2D eigenvalue weighted by Gasteiger charge is 2.31.